The third-order valence-electron chi connectivity index (χ3n) is 2.87. The minimum atomic E-state index is -0.768. The topological polar surface area (TPSA) is 29.1 Å². The van der Waals surface area contributed by atoms with Crippen LogP contribution in [-0.2, 0) is 0 Å². The van der Waals surface area contributed by atoms with E-state index in [1.807, 2.05) is 0 Å². The van der Waals surface area contributed by atoms with Gasteiger partial charge in [0, 0.05) is 12.5 Å². The second kappa shape index (κ2) is 4.70. The van der Waals surface area contributed by atoms with Crippen molar-refractivity contribution in [2.45, 2.75) is 12.8 Å². The van der Waals surface area contributed by atoms with Gasteiger partial charge in [-0.3, -0.25) is 4.79 Å². The Labute approximate surface area is 92.7 Å². The van der Waals surface area contributed by atoms with Gasteiger partial charge in [-0.2, -0.15) is 0 Å². The molecule has 1 fully saturated rings. The Morgan fingerprint density at radius 2 is 2.25 bits per heavy atom. The van der Waals surface area contributed by atoms with Gasteiger partial charge in [0.2, 0.25) is 0 Å². The standard InChI is InChI=1S/C12H13F2NO/c13-9-1-2-10(11(14)6-9)12(16)5-8-3-4-15-7-8/h1-2,6,8,15H,3-5,7H2. The maximum absolute atomic E-state index is 13.3. The highest BCUT2D eigenvalue weighted by molar-refractivity contribution is 5.96. The quantitative estimate of drug-likeness (QED) is 0.798. The van der Waals surface area contributed by atoms with Crippen LogP contribution >= 0.6 is 0 Å². The van der Waals surface area contributed by atoms with Crippen molar-refractivity contribution in [3.05, 3.63) is 35.4 Å². The summed E-state index contributed by atoms with van der Waals surface area (Å²) >= 11 is 0. The Kier molecular flexibility index (Phi) is 3.29. The molecule has 1 aliphatic rings. The molecule has 0 aliphatic carbocycles. The first kappa shape index (κ1) is 11.2. The van der Waals surface area contributed by atoms with Gasteiger partial charge in [-0.25, -0.2) is 8.78 Å². The van der Waals surface area contributed by atoms with E-state index in [2.05, 4.69) is 5.32 Å². The third-order valence-corrected chi connectivity index (χ3v) is 2.87. The summed E-state index contributed by atoms with van der Waals surface area (Å²) in [5.41, 5.74) is -0.00620. The molecule has 1 atom stereocenters. The van der Waals surface area contributed by atoms with Gasteiger partial charge < -0.3 is 5.32 Å². The lowest BCUT2D eigenvalue weighted by Crippen LogP contribution is -2.13. The highest BCUT2D eigenvalue weighted by Crippen LogP contribution is 2.18. The van der Waals surface area contributed by atoms with Crippen molar-refractivity contribution < 1.29 is 13.6 Å². The highest BCUT2D eigenvalue weighted by Gasteiger charge is 2.20. The van der Waals surface area contributed by atoms with E-state index in [9.17, 15) is 13.6 Å². The zero-order chi connectivity index (χ0) is 11.5. The predicted octanol–water partition coefficient (Wildman–Crippen LogP) is 2.15. The SMILES string of the molecule is O=C(CC1CCNC1)c1ccc(F)cc1F. The number of ketones is 1. The largest absolute Gasteiger partial charge is 0.316 e. The second-order valence-corrected chi connectivity index (χ2v) is 4.11. The lowest BCUT2D eigenvalue weighted by molar-refractivity contribution is 0.0960. The van der Waals surface area contributed by atoms with Crippen LogP contribution in [0.2, 0.25) is 0 Å². The summed E-state index contributed by atoms with van der Waals surface area (Å²) in [6.45, 7) is 1.71. The molecule has 1 unspecified atom stereocenters. The summed E-state index contributed by atoms with van der Waals surface area (Å²) in [6.07, 6.45) is 1.27. The fourth-order valence-corrected chi connectivity index (χ4v) is 1.98. The average Bonchev–Trinajstić information content (AvgIpc) is 2.70. The van der Waals surface area contributed by atoms with Gasteiger partial charge in [0.25, 0.3) is 0 Å². The maximum Gasteiger partial charge on any atom is 0.166 e. The Morgan fingerprint density at radius 3 is 2.88 bits per heavy atom. The predicted molar refractivity (Wildman–Crippen MR) is 56.3 cm³/mol. The average molecular weight is 225 g/mol. The van der Waals surface area contributed by atoms with Crippen LogP contribution < -0.4 is 5.32 Å². The fourth-order valence-electron chi connectivity index (χ4n) is 1.98. The first-order valence-corrected chi connectivity index (χ1v) is 5.36. The summed E-state index contributed by atoms with van der Waals surface area (Å²) in [7, 11) is 0. The van der Waals surface area contributed by atoms with E-state index in [-0.39, 0.29) is 17.3 Å². The Balaban J connectivity index is 2.08. The van der Waals surface area contributed by atoms with Gasteiger partial charge in [0.1, 0.15) is 11.6 Å². The van der Waals surface area contributed by atoms with Gasteiger partial charge in [-0.15, -0.1) is 0 Å². The van der Waals surface area contributed by atoms with Crippen LogP contribution in [0, 0.1) is 17.6 Å². The summed E-state index contributed by atoms with van der Waals surface area (Å²) in [5, 5.41) is 3.15. The lowest BCUT2D eigenvalue weighted by atomic mass is 9.97. The number of hydrogen-bond donors (Lipinski definition) is 1. The van der Waals surface area contributed by atoms with E-state index in [1.165, 1.54) is 6.07 Å². The number of carbonyl (C=O) groups excluding carboxylic acids is 1. The van der Waals surface area contributed by atoms with E-state index >= 15 is 0 Å². The fraction of sp³-hybridized carbons (Fsp3) is 0.417. The number of nitrogens with one attached hydrogen (secondary N) is 1. The molecule has 86 valence electrons. The van der Waals surface area contributed by atoms with Crippen molar-refractivity contribution in [1.82, 2.24) is 5.32 Å². The van der Waals surface area contributed by atoms with Gasteiger partial charge in [0.15, 0.2) is 5.78 Å². The van der Waals surface area contributed by atoms with E-state index in [4.69, 9.17) is 0 Å². The molecular formula is C12H13F2NO. The zero-order valence-corrected chi connectivity index (χ0v) is 8.80. The number of halogens is 2. The molecular weight excluding hydrogens is 212 g/mol. The van der Waals surface area contributed by atoms with Crippen LogP contribution in [0.25, 0.3) is 0 Å². The number of hydrogen-bond acceptors (Lipinski definition) is 2. The maximum atomic E-state index is 13.3. The lowest BCUT2D eigenvalue weighted by Gasteiger charge is -2.07. The first-order valence-electron chi connectivity index (χ1n) is 5.36. The normalized spacial score (nSPS) is 20.0. The molecule has 1 heterocycles. The number of benzene rings is 1. The number of Topliss-reactive ketones (excluding diaryl/α,β-unsaturated/α-hetero) is 1. The van der Waals surface area contributed by atoms with Crippen molar-refractivity contribution in [3.8, 4) is 0 Å². The van der Waals surface area contributed by atoms with Gasteiger partial charge in [-0.05, 0) is 37.6 Å². The van der Waals surface area contributed by atoms with Crippen molar-refractivity contribution in [2.75, 3.05) is 13.1 Å². The highest BCUT2D eigenvalue weighted by atomic mass is 19.1. The number of rotatable bonds is 3. The molecule has 0 bridgehead atoms. The van der Waals surface area contributed by atoms with Crippen LogP contribution in [0.3, 0.4) is 0 Å². The van der Waals surface area contributed by atoms with Crippen LogP contribution in [0.5, 0.6) is 0 Å². The Morgan fingerprint density at radius 1 is 1.44 bits per heavy atom. The van der Waals surface area contributed by atoms with Gasteiger partial charge >= 0.3 is 0 Å². The third kappa shape index (κ3) is 2.44. The molecule has 1 saturated heterocycles. The van der Waals surface area contributed by atoms with Crippen molar-refractivity contribution in [3.63, 3.8) is 0 Å². The summed E-state index contributed by atoms with van der Waals surface area (Å²) in [4.78, 5) is 11.7. The summed E-state index contributed by atoms with van der Waals surface area (Å²) < 4.78 is 26.0. The van der Waals surface area contributed by atoms with Crippen molar-refractivity contribution >= 4 is 5.78 Å². The molecule has 1 aromatic carbocycles. The van der Waals surface area contributed by atoms with E-state index in [0.29, 0.717) is 6.42 Å². The monoisotopic (exact) mass is 225 g/mol. The molecule has 0 aromatic heterocycles. The van der Waals surface area contributed by atoms with Crippen LogP contribution in [-0.4, -0.2) is 18.9 Å². The molecule has 2 rings (SSSR count). The molecule has 0 radical (unpaired) electrons. The zero-order valence-electron chi connectivity index (χ0n) is 8.80. The molecule has 2 nitrogen and oxygen atoms in total. The summed E-state index contributed by atoms with van der Waals surface area (Å²) in [6, 6.07) is 3.08. The molecule has 1 N–H and O–H groups in total. The van der Waals surface area contributed by atoms with Crippen LogP contribution in [0.15, 0.2) is 18.2 Å². The molecule has 0 amide bonds. The molecule has 1 aliphatic heterocycles. The molecule has 16 heavy (non-hydrogen) atoms. The summed E-state index contributed by atoms with van der Waals surface area (Å²) in [5.74, 6) is -1.39. The van der Waals surface area contributed by atoms with E-state index < -0.39 is 11.6 Å². The van der Waals surface area contributed by atoms with Crippen molar-refractivity contribution in [1.29, 1.82) is 0 Å². The minimum Gasteiger partial charge on any atom is -0.316 e. The first-order chi connectivity index (χ1) is 7.66. The molecule has 0 spiro atoms. The molecule has 1 aromatic rings. The van der Waals surface area contributed by atoms with Crippen molar-refractivity contribution in [2.24, 2.45) is 5.92 Å². The Hall–Kier alpha value is -1.29. The van der Waals surface area contributed by atoms with Gasteiger partial charge in [0.05, 0.1) is 5.56 Å². The van der Waals surface area contributed by atoms with E-state index in [0.717, 1.165) is 31.6 Å². The molecule has 0 saturated carbocycles. The molecule has 4 heteroatoms. The minimum absolute atomic E-state index is 0.00620. The smallest absolute Gasteiger partial charge is 0.166 e. The van der Waals surface area contributed by atoms with Crippen LogP contribution in [0.1, 0.15) is 23.2 Å². The van der Waals surface area contributed by atoms with E-state index in [1.54, 1.807) is 0 Å². The van der Waals surface area contributed by atoms with Gasteiger partial charge in [-0.1, -0.05) is 0 Å². The second-order valence-electron chi connectivity index (χ2n) is 4.11. The Bertz CT molecular complexity index is 400. The number of carbonyl (C=O) groups is 1. The van der Waals surface area contributed by atoms with Crippen LogP contribution in [0.4, 0.5) is 8.78 Å².